The maximum absolute atomic E-state index is 14.7. The Bertz CT molecular complexity index is 948. The first-order valence-electron chi connectivity index (χ1n) is 11.1. The Hall–Kier alpha value is -3.09. The van der Waals surface area contributed by atoms with Crippen LogP contribution in [-0.2, 0) is 14.2 Å². The lowest BCUT2D eigenvalue weighted by Gasteiger charge is -2.18. The molecule has 0 saturated carbocycles. The van der Waals surface area contributed by atoms with Crippen LogP contribution in [0, 0.1) is 5.92 Å². The van der Waals surface area contributed by atoms with Gasteiger partial charge in [0.2, 0.25) is 5.83 Å². The fourth-order valence-corrected chi connectivity index (χ4v) is 2.26. The van der Waals surface area contributed by atoms with E-state index in [9.17, 15) is 13.2 Å². The molecule has 0 aromatic rings. The highest BCUT2D eigenvalue weighted by molar-refractivity contribution is 5.53. The molecule has 0 N–H and O–H groups in total. The van der Waals surface area contributed by atoms with Gasteiger partial charge in [-0.2, -0.15) is 4.39 Å². The summed E-state index contributed by atoms with van der Waals surface area (Å²) < 4.78 is 59.0. The van der Waals surface area contributed by atoms with Gasteiger partial charge in [0.25, 0.3) is 0 Å². The quantitative estimate of drug-likeness (QED) is 0.116. The molecule has 3 nitrogen and oxygen atoms in total. The maximum Gasteiger partial charge on any atom is 0.201 e. The highest BCUT2D eigenvalue weighted by Gasteiger charge is 2.16. The van der Waals surface area contributed by atoms with Crippen molar-refractivity contribution >= 4 is 0 Å². The van der Waals surface area contributed by atoms with Gasteiger partial charge in [0.1, 0.15) is 5.83 Å². The van der Waals surface area contributed by atoms with Gasteiger partial charge < -0.3 is 14.2 Å². The Labute approximate surface area is 208 Å². The van der Waals surface area contributed by atoms with E-state index in [1.165, 1.54) is 24.3 Å². The van der Waals surface area contributed by atoms with E-state index in [0.29, 0.717) is 18.8 Å². The topological polar surface area (TPSA) is 27.7 Å². The van der Waals surface area contributed by atoms with E-state index in [-0.39, 0.29) is 34.5 Å². The summed E-state index contributed by atoms with van der Waals surface area (Å²) in [5.41, 5.74) is 0.437. The minimum absolute atomic E-state index is 0.00361. The second kappa shape index (κ2) is 16.5. The molecule has 0 fully saturated rings. The molecule has 192 valence electrons. The SMILES string of the molecule is C=C(/C=C\C(=C)C(=C)/C(F)=C\C(=C)C(C)COC(C)OCCC)C(=C)/C(F)=C(/F)C(=C)O/C=C\C. The molecule has 0 amide bonds. The Kier molecular flexibility index (Phi) is 15.1. The van der Waals surface area contributed by atoms with Gasteiger partial charge >= 0.3 is 0 Å². The summed E-state index contributed by atoms with van der Waals surface area (Å²) in [6, 6.07) is 0. The number of hydrogen-bond acceptors (Lipinski definition) is 3. The lowest BCUT2D eigenvalue weighted by molar-refractivity contribution is -0.135. The van der Waals surface area contributed by atoms with Crippen LogP contribution in [0.15, 0.2) is 121 Å². The van der Waals surface area contributed by atoms with Crippen molar-refractivity contribution in [1.29, 1.82) is 0 Å². The third-order valence-corrected chi connectivity index (χ3v) is 4.68. The van der Waals surface area contributed by atoms with Gasteiger partial charge in [-0.1, -0.05) is 71.5 Å². The summed E-state index contributed by atoms with van der Waals surface area (Å²) in [6.45, 7) is 30.0. The van der Waals surface area contributed by atoms with E-state index in [2.05, 4.69) is 39.5 Å². The zero-order chi connectivity index (χ0) is 27.1. The van der Waals surface area contributed by atoms with E-state index in [0.717, 1.165) is 12.7 Å². The first-order chi connectivity index (χ1) is 16.4. The van der Waals surface area contributed by atoms with Crippen molar-refractivity contribution in [1.82, 2.24) is 0 Å². The van der Waals surface area contributed by atoms with Crippen molar-refractivity contribution in [2.75, 3.05) is 13.2 Å². The van der Waals surface area contributed by atoms with Crippen LogP contribution in [0.4, 0.5) is 13.2 Å². The monoisotopic (exact) mass is 490 g/mol. The highest BCUT2D eigenvalue weighted by Crippen LogP contribution is 2.28. The summed E-state index contributed by atoms with van der Waals surface area (Å²) in [4.78, 5) is 0. The predicted octanol–water partition coefficient (Wildman–Crippen LogP) is 8.82. The van der Waals surface area contributed by atoms with Crippen LogP contribution in [-0.4, -0.2) is 19.5 Å². The molecule has 0 spiro atoms. The molecule has 0 heterocycles. The molecular weight excluding hydrogens is 453 g/mol. The van der Waals surface area contributed by atoms with Gasteiger partial charge in [-0.05, 0) is 43.1 Å². The minimum atomic E-state index is -1.30. The standard InChI is InChI=1S/C29H37F3O3/c1-11-15-33-25(9)29(32)28(31)24(8)20(4)14-13-19(3)23(7)27(30)17-21(5)22(6)18-35-26(10)34-16-12-2/h11,13-15,17,22,26H,3-5,7-9,12,16,18H2,1-2,6,10H3/b14-13-,15-11-,27-17+,29-28-. The van der Waals surface area contributed by atoms with Gasteiger partial charge in [-0.15, -0.1) is 0 Å². The third-order valence-electron chi connectivity index (χ3n) is 4.68. The highest BCUT2D eigenvalue weighted by atomic mass is 19.2. The molecule has 6 heteroatoms. The first-order valence-corrected chi connectivity index (χ1v) is 11.1. The minimum Gasteiger partial charge on any atom is -0.463 e. The van der Waals surface area contributed by atoms with Gasteiger partial charge in [-0.25, -0.2) is 8.78 Å². The number of ether oxygens (including phenoxy) is 3. The van der Waals surface area contributed by atoms with Crippen LogP contribution in [0.3, 0.4) is 0 Å². The number of rotatable bonds is 17. The molecule has 2 unspecified atom stereocenters. The van der Waals surface area contributed by atoms with Gasteiger partial charge in [-0.3, -0.25) is 0 Å². The van der Waals surface area contributed by atoms with Gasteiger partial charge in [0, 0.05) is 23.7 Å². The number of halogens is 3. The predicted molar refractivity (Wildman–Crippen MR) is 139 cm³/mol. The molecule has 0 aliphatic heterocycles. The fourth-order valence-electron chi connectivity index (χ4n) is 2.26. The molecule has 0 saturated heterocycles. The van der Waals surface area contributed by atoms with Gasteiger partial charge in [0.15, 0.2) is 17.9 Å². The van der Waals surface area contributed by atoms with E-state index >= 15 is 0 Å². The van der Waals surface area contributed by atoms with Crippen LogP contribution >= 0.6 is 0 Å². The molecule has 0 aromatic heterocycles. The van der Waals surface area contributed by atoms with Crippen LogP contribution in [0.25, 0.3) is 0 Å². The van der Waals surface area contributed by atoms with Crippen LogP contribution in [0.2, 0.25) is 0 Å². The smallest absolute Gasteiger partial charge is 0.201 e. The first kappa shape index (κ1) is 31.9. The molecule has 2 atom stereocenters. The average Bonchev–Trinajstić information content (AvgIpc) is 2.84. The Morgan fingerprint density at radius 2 is 1.43 bits per heavy atom. The Morgan fingerprint density at radius 3 is 1.97 bits per heavy atom. The third kappa shape index (κ3) is 11.7. The van der Waals surface area contributed by atoms with Crippen molar-refractivity contribution in [3.8, 4) is 0 Å². The molecule has 0 radical (unpaired) electrons. The second-order valence-electron chi connectivity index (χ2n) is 7.72. The maximum atomic E-state index is 14.7. The van der Waals surface area contributed by atoms with Crippen LogP contribution in [0.1, 0.15) is 34.1 Å². The molecule has 35 heavy (non-hydrogen) atoms. The Balaban J connectivity index is 5.09. The summed E-state index contributed by atoms with van der Waals surface area (Å²) in [7, 11) is 0. The largest absolute Gasteiger partial charge is 0.463 e. The molecule has 0 aliphatic rings. The average molecular weight is 491 g/mol. The zero-order valence-corrected chi connectivity index (χ0v) is 21.3. The van der Waals surface area contributed by atoms with Gasteiger partial charge in [0.05, 0.1) is 12.9 Å². The number of allylic oxidation sites excluding steroid dienone is 11. The van der Waals surface area contributed by atoms with Crippen molar-refractivity contribution in [2.45, 2.75) is 40.4 Å². The van der Waals surface area contributed by atoms with Crippen molar-refractivity contribution < 1.29 is 27.4 Å². The molecule has 0 rings (SSSR count). The fraction of sp³-hybridized carbons (Fsp3) is 0.310. The van der Waals surface area contributed by atoms with E-state index < -0.39 is 23.2 Å². The molecule has 0 bridgehead atoms. The zero-order valence-electron chi connectivity index (χ0n) is 21.3. The summed E-state index contributed by atoms with van der Waals surface area (Å²) in [6.07, 6.45) is 7.14. The second-order valence-corrected chi connectivity index (χ2v) is 7.72. The summed E-state index contributed by atoms with van der Waals surface area (Å²) in [5, 5.41) is 0. The molecule has 0 aromatic carbocycles. The lowest BCUT2D eigenvalue weighted by Crippen LogP contribution is -2.18. The normalized spacial score (nSPS) is 14.4. The van der Waals surface area contributed by atoms with Crippen molar-refractivity contribution in [3.05, 3.63) is 121 Å². The molecular formula is C29H37F3O3. The van der Waals surface area contributed by atoms with E-state index in [1.54, 1.807) is 13.8 Å². The number of hydrogen-bond donors (Lipinski definition) is 0. The lowest BCUT2D eigenvalue weighted by atomic mass is 9.99. The summed E-state index contributed by atoms with van der Waals surface area (Å²) in [5.74, 6) is -3.88. The molecule has 0 aliphatic carbocycles. The van der Waals surface area contributed by atoms with Crippen LogP contribution < -0.4 is 0 Å². The van der Waals surface area contributed by atoms with Crippen molar-refractivity contribution in [3.63, 3.8) is 0 Å². The summed E-state index contributed by atoms with van der Waals surface area (Å²) >= 11 is 0. The van der Waals surface area contributed by atoms with E-state index in [4.69, 9.17) is 14.2 Å². The Morgan fingerprint density at radius 1 is 0.857 bits per heavy atom. The van der Waals surface area contributed by atoms with Crippen LogP contribution in [0.5, 0.6) is 0 Å². The van der Waals surface area contributed by atoms with Crippen molar-refractivity contribution in [2.24, 2.45) is 5.92 Å². The van der Waals surface area contributed by atoms with E-state index in [1.807, 2.05) is 13.8 Å².